The van der Waals surface area contributed by atoms with Crippen LogP contribution in [0, 0.1) is 6.92 Å². The van der Waals surface area contributed by atoms with Crippen LogP contribution < -0.4 is 5.32 Å². The third-order valence-electron chi connectivity index (χ3n) is 3.22. The number of aryl methyl sites for hydroxylation is 2. The zero-order valence-corrected chi connectivity index (χ0v) is 13.0. The molecule has 0 fully saturated rings. The van der Waals surface area contributed by atoms with Crippen molar-refractivity contribution in [2.45, 2.75) is 26.8 Å². The molecule has 0 aliphatic rings. The Hall–Kier alpha value is -2.15. The summed E-state index contributed by atoms with van der Waals surface area (Å²) in [6.07, 6.45) is 3.64. The third-order valence-corrected chi connectivity index (χ3v) is 3.39. The highest BCUT2D eigenvalue weighted by Crippen LogP contribution is 2.26. The standard InChI is InChI=1S/C13H16ClN7/c1-7(2)21-6-15-10-11(17-13(14)18-12(10)21)16-9-5-20(4)19-8(9)3/h5-7H,1-4H3,(H,16,17,18). The van der Waals surface area contributed by atoms with E-state index in [9.17, 15) is 0 Å². The molecule has 7 nitrogen and oxygen atoms in total. The molecular weight excluding hydrogens is 290 g/mol. The zero-order valence-electron chi connectivity index (χ0n) is 12.3. The van der Waals surface area contributed by atoms with Crippen LogP contribution in [0.2, 0.25) is 5.28 Å². The van der Waals surface area contributed by atoms with E-state index in [1.165, 1.54) is 0 Å². The molecule has 0 aliphatic carbocycles. The highest BCUT2D eigenvalue weighted by atomic mass is 35.5. The second-order valence-electron chi connectivity index (χ2n) is 5.19. The van der Waals surface area contributed by atoms with Gasteiger partial charge >= 0.3 is 0 Å². The molecule has 0 amide bonds. The van der Waals surface area contributed by atoms with Gasteiger partial charge in [-0.25, -0.2) is 4.98 Å². The lowest BCUT2D eigenvalue weighted by Gasteiger charge is -2.08. The van der Waals surface area contributed by atoms with Crippen molar-refractivity contribution in [2.75, 3.05) is 5.32 Å². The van der Waals surface area contributed by atoms with E-state index in [1.54, 1.807) is 11.0 Å². The van der Waals surface area contributed by atoms with Gasteiger partial charge < -0.3 is 9.88 Å². The Morgan fingerprint density at radius 3 is 2.67 bits per heavy atom. The van der Waals surface area contributed by atoms with Crippen molar-refractivity contribution in [3.63, 3.8) is 0 Å². The van der Waals surface area contributed by atoms with Crippen LogP contribution in [0.15, 0.2) is 12.5 Å². The molecule has 3 rings (SSSR count). The SMILES string of the molecule is Cc1nn(C)cc1Nc1nc(Cl)nc2c1ncn2C(C)C. The van der Waals surface area contributed by atoms with Gasteiger partial charge in [-0.1, -0.05) is 0 Å². The van der Waals surface area contributed by atoms with E-state index < -0.39 is 0 Å². The van der Waals surface area contributed by atoms with E-state index in [0.717, 1.165) is 11.4 Å². The monoisotopic (exact) mass is 305 g/mol. The quantitative estimate of drug-likeness (QED) is 0.753. The summed E-state index contributed by atoms with van der Waals surface area (Å²) >= 11 is 6.04. The molecule has 1 N–H and O–H groups in total. The van der Waals surface area contributed by atoms with E-state index in [-0.39, 0.29) is 11.3 Å². The van der Waals surface area contributed by atoms with Crippen molar-refractivity contribution in [3.05, 3.63) is 23.5 Å². The van der Waals surface area contributed by atoms with Crippen LogP contribution >= 0.6 is 11.6 Å². The number of halogens is 1. The van der Waals surface area contributed by atoms with E-state index >= 15 is 0 Å². The maximum Gasteiger partial charge on any atom is 0.226 e. The average Bonchev–Trinajstić information content (AvgIpc) is 2.93. The molecule has 110 valence electrons. The molecule has 0 saturated heterocycles. The van der Waals surface area contributed by atoms with Gasteiger partial charge in [-0.15, -0.1) is 0 Å². The smallest absolute Gasteiger partial charge is 0.226 e. The lowest BCUT2D eigenvalue weighted by Crippen LogP contribution is -2.02. The highest BCUT2D eigenvalue weighted by molar-refractivity contribution is 6.28. The predicted molar refractivity (Wildman–Crippen MR) is 81.9 cm³/mol. The molecule has 0 atom stereocenters. The second-order valence-corrected chi connectivity index (χ2v) is 5.52. The van der Waals surface area contributed by atoms with Crippen molar-refractivity contribution < 1.29 is 0 Å². The molecule has 3 heterocycles. The number of fused-ring (bicyclic) bond motifs is 1. The van der Waals surface area contributed by atoms with Crippen LogP contribution in [0.3, 0.4) is 0 Å². The van der Waals surface area contributed by atoms with E-state index in [2.05, 4.69) is 39.2 Å². The maximum atomic E-state index is 6.04. The summed E-state index contributed by atoms with van der Waals surface area (Å²) in [5.41, 5.74) is 3.15. The normalized spacial score (nSPS) is 11.5. The maximum absolute atomic E-state index is 6.04. The molecular formula is C13H16ClN7. The molecule has 0 aliphatic heterocycles. The second kappa shape index (κ2) is 5.00. The summed E-state index contributed by atoms with van der Waals surface area (Å²) in [6.45, 7) is 6.06. The lowest BCUT2D eigenvalue weighted by molar-refractivity contribution is 0.612. The Morgan fingerprint density at radius 1 is 1.29 bits per heavy atom. The topological polar surface area (TPSA) is 73.5 Å². The van der Waals surface area contributed by atoms with Gasteiger partial charge in [0.25, 0.3) is 0 Å². The average molecular weight is 306 g/mol. The number of nitrogens with zero attached hydrogens (tertiary/aromatic N) is 6. The van der Waals surface area contributed by atoms with Crippen molar-refractivity contribution in [1.29, 1.82) is 0 Å². The number of hydrogen-bond acceptors (Lipinski definition) is 5. The fourth-order valence-corrected chi connectivity index (χ4v) is 2.37. The van der Waals surface area contributed by atoms with Gasteiger partial charge in [0.1, 0.15) is 0 Å². The van der Waals surface area contributed by atoms with Crippen LogP contribution in [0.25, 0.3) is 11.2 Å². The summed E-state index contributed by atoms with van der Waals surface area (Å²) < 4.78 is 3.70. The van der Waals surface area contributed by atoms with Crippen molar-refractivity contribution >= 4 is 34.3 Å². The third kappa shape index (κ3) is 2.44. The predicted octanol–water partition coefficient (Wildman–Crippen LogP) is 2.85. The first-order chi connectivity index (χ1) is 9.95. The van der Waals surface area contributed by atoms with Gasteiger partial charge in [0.15, 0.2) is 17.0 Å². The molecule has 0 spiro atoms. The zero-order chi connectivity index (χ0) is 15.1. The number of nitrogens with one attached hydrogen (secondary N) is 1. The Bertz CT molecular complexity index is 802. The van der Waals surface area contributed by atoms with Crippen LogP contribution in [0.5, 0.6) is 0 Å². The number of anilines is 2. The van der Waals surface area contributed by atoms with Crippen LogP contribution in [-0.2, 0) is 7.05 Å². The minimum absolute atomic E-state index is 0.189. The van der Waals surface area contributed by atoms with Gasteiger partial charge in [-0.05, 0) is 32.4 Å². The van der Waals surface area contributed by atoms with Crippen molar-refractivity contribution in [3.8, 4) is 0 Å². The minimum atomic E-state index is 0.189. The van der Waals surface area contributed by atoms with Gasteiger partial charge in [-0.3, -0.25) is 4.68 Å². The molecule has 8 heteroatoms. The molecule has 21 heavy (non-hydrogen) atoms. The van der Waals surface area contributed by atoms with Crippen LogP contribution in [0.1, 0.15) is 25.6 Å². The number of hydrogen-bond donors (Lipinski definition) is 1. The van der Waals surface area contributed by atoms with Gasteiger partial charge in [0.05, 0.1) is 17.7 Å². The summed E-state index contributed by atoms with van der Waals surface area (Å²) in [5.74, 6) is 0.584. The summed E-state index contributed by atoms with van der Waals surface area (Å²) in [5, 5.41) is 7.72. The Kier molecular flexibility index (Phi) is 3.29. The van der Waals surface area contributed by atoms with Gasteiger partial charge in [0.2, 0.25) is 5.28 Å². The summed E-state index contributed by atoms with van der Waals surface area (Å²) in [4.78, 5) is 12.9. The van der Waals surface area contributed by atoms with E-state index in [0.29, 0.717) is 17.0 Å². The fourth-order valence-electron chi connectivity index (χ4n) is 2.20. The van der Waals surface area contributed by atoms with Crippen LogP contribution in [-0.4, -0.2) is 29.3 Å². The molecule has 0 unspecified atom stereocenters. The molecule has 3 aromatic heterocycles. The van der Waals surface area contributed by atoms with E-state index in [4.69, 9.17) is 11.6 Å². The molecule has 0 radical (unpaired) electrons. The highest BCUT2D eigenvalue weighted by Gasteiger charge is 2.15. The van der Waals surface area contributed by atoms with Gasteiger partial charge in [-0.2, -0.15) is 15.1 Å². The number of rotatable bonds is 3. The fraction of sp³-hybridized carbons (Fsp3) is 0.385. The Balaban J connectivity index is 2.12. The summed E-state index contributed by atoms with van der Waals surface area (Å²) in [7, 11) is 1.87. The van der Waals surface area contributed by atoms with Crippen molar-refractivity contribution in [1.82, 2.24) is 29.3 Å². The first-order valence-corrected chi connectivity index (χ1v) is 7.01. The Labute approximate surface area is 127 Å². The molecule has 3 aromatic rings. The largest absolute Gasteiger partial charge is 0.335 e. The number of imidazole rings is 1. The first kappa shape index (κ1) is 13.8. The molecule has 0 aromatic carbocycles. The Morgan fingerprint density at radius 2 is 2.05 bits per heavy atom. The minimum Gasteiger partial charge on any atom is -0.335 e. The van der Waals surface area contributed by atoms with E-state index in [1.807, 2.05) is 24.7 Å². The van der Waals surface area contributed by atoms with Crippen LogP contribution in [0.4, 0.5) is 11.5 Å². The van der Waals surface area contributed by atoms with Crippen molar-refractivity contribution in [2.24, 2.45) is 7.05 Å². The van der Waals surface area contributed by atoms with Gasteiger partial charge in [0, 0.05) is 19.3 Å². The molecule has 0 saturated carbocycles. The first-order valence-electron chi connectivity index (χ1n) is 6.63. The molecule has 0 bridgehead atoms. The number of aromatic nitrogens is 6. The summed E-state index contributed by atoms with van der Waals surface area (Å²) in [6, 6.07) is 0.244. The lowest BCUT2D eigenvalue weighted by atomic mass is 10.3.